The van der Waals surface area contributed by atoms with Crippen molar-refractivity contribution in [1.82, 2.24) is 5.32 Å². The lowest BCUT2D eigenvalue weighted by atomic mass is 9.82. The van der Waals surface area contributed by atoms with Gasteiger partial charge in [-0.3, -0.25) is 4.79 Å². The summed E-state index contributed by atoms with van der Waals surface area (Å²) in [5.74, 6) is -0.0535. The molecule has 4 nitrogen and oxygen atoms in total. The van der Waals surface area contributed by atoms with Crippen LogP contribution in [0.4, 0.5) is 0 Å². The Labute approximate surface area is 105 Å². The van der Waals surface area contributed by atoms with Crippen molar-refractivity contribution in [2.24, 2.45) is 11.1 Å². The van der Waals surface area contributed by atoms with E-state index in [0.29, 0.717) is 19.5 Å². The molecule has 0 fully saturated rings. The molecule has 1 amide bonds. The lowest BCUT2D eigenvalue weighted by Crippen LogP contribution is -2.50. The van der Waals surface area contributed by atoms with Gasteiger partial charge in [-0.05, 0) is 38.1 Å². The van der Waals surface area contributed by atoms with E-state index in [0.717, 1.165) is 12.8 Å². The van der Waals surface area contributed by atoms with E-state index in [9.17, 15) is 4.79 Å². The van der Waals surface area contributed by atoms with Crippen molar-refractivity contribution in [3.63, 3.8) is 0 Å². The molecule has 0 aromatic rings. The third-order valence-corrected chi connectivity index (χ3v) is 4.16. The largest absolute Gasteiger partial charge is 0.369 e. The highest BCUT2D eigenvalue weighted by Crippen LogP contribution is 2.24. The number of amides is 1. The van der Waals surface area contributed by atoms with Crippen LogP contribution in [0.25, 0.3) is 0 Å². The topological polar surface area (TPSA) is 64.3 Å². The van der Waals surface area contributed by atoms with Crippen LogP contribution in [0.2, 0.25) is 0 Å². The minimum absolute atomic E-state index is 0.0120. The smallest absolute Gasteiger partial charge is 0.251 e. The fraction of sp³-hybridized carbons (Fsp3) is 0.923. The molecule has 0 aliphatic rings. The number of carbonyl (C=O) groups excluding carboxylic acids is 1. The molecule has 3 N–H and O–H groups in total. The predicted molar refractivity (Wildman–Crippen MR) is 70.8 cm³/mol. The average molecular weight is 244 g/mol. The third-order valence-electron chi connectivity index (χ3n) is 4.16. The number of ether oxygens (including phenoxy) is 1. The zero-order chi connectivity index (χ0) is 13.5. The van der Waals surface area contributed by atoms with Crippen LogP contribution in [0, 0.1) is 5.41 Å². The predicted octanol–water partition coefficient (Wildman–Crippen LogP) is 1.68. The molecule has 0 heterocycles. The molecule has 0 aromatic carbocycles. The van der Waals surface area contributed by atoms with Crippen molar-refractivity contribution in [2.45, 2.75) is 52.6 Å². The first-order chi connectivity index (χ1) is 7.93. The molecule has 0 aliphatic carbocycles. The lowest BCUT2D eigenvalue weighted by molar-refractivity contribution is -0.142. The van der Waals surface area contributed by atoms with E-state index in [2.05, 4.69) is 19.2 Å². The maximum absolute atomic E-state index is 12.0. The van der Waals surface area contributed by atoms with Gasteiger partial charge >= 0.3 is 0 Å². The Morgan fingerprint density at radius 1 is 1.24 bits per heavy atom. The van der Waals surface area contributed by atoms with Crippen molar-refractivity contribution in [1.29, 1.82) is 0 Å². The second-order valence-corrected chi connectivity index (χ2v) is 4.88. The van der Waals surface area contributed by atoms with E-state index in [1.807, 2.05) is 13.8 Å². The van der Waals surface area contributed by atoms with Crippen LogP contribution in [0.5, 0.6) is 0 Å². The summed E-state index contributed by atoms with van der Waals surface area (Å²) in [6, 6.07) is 0. The lowest BCUT2D eigenvalue weighted by Gasteiger charge is -2.33. The molecule has 0 radical (unpaired) electrons. The molecule has 4 heteroatoms. The standard InChI is InChI=1S/C13H28N2O2/c1-6-12(4,17-5)11(16)15-10-13(7-2,8-3)9-14/h6-10,14H2,1-5H3,(H,15,16). The van der Waals surface area contributed by atoms with Crippen molar-refractivity contribution >= 4 is 5.91 Å². The van der Waals surface area contributed by atoms with Gasteiger partial charge in [-0.2, -0.15) is 0 Å². The zero-order valence-electron chi connectivity index (χ0n) is 11.9. The van der Waals surface area contributed by atoms with E-state index in [1.54, 1.807) is 7.11 Å². The molecule has 0 saturated carbocycles. The number of nitrogens with one attached hydrogen (secondary N) is 1. The summed E-state index contributed by atoms with van der Waals surface area (Å²) in [7, 11) is 1.57. The summed E-state index contributed by atoms with van der Waals surface area (Å²) in [6.45, 7) is 9.18. The Morgan fingerprint density at radius 3 is 2.06 bits per heavy atom. The molecular formula is C13H28N2O2. The number of rotatable bonds is 8. The monoisotopic (exact) mass is 244 g/mol. The zero-order valence-corrected chi connectivity index (χ0v) is 11.9. The van der Waals surface area contributed by atoms with Gasteiger partial charge in [0.2, 0.25) is 0 Å². The summed E-state index contributed by atoms with van der Waals surface area (Å²) in [4.78, 5) is 12.0. The van der Waals surface area contributed by atoms with Crippen LogP contribution >= 0.6 is 0 Å². The third kappa shape index (κ3) is 3.96. The highest BCUT2D eigenvalue weighted by atomic mass is 16.5. The molecule has 0 aliphatic heterocycles. The van der Waals surface area contributed by atoms with Crippen LogP contribution in [-0.4, -0.2) is 31.7 Å². The maximum atomic E-state index is 12.0. The molecule has 0 bridgehead atoms. The van der Waals surface area contributed by atoms with E-state index < -0.39 is 5.60 Å². The first kappa shape index (κ1) is 16.4. The highest BCUT2D eigenvalue weighted by Gasteiger charge is 2.33. The molecule has 1 unspecified atom stereocenters. The normalized spacial score (nSPS) is 15.4. The first-order valence-electron chi connectivity index (χ1n) is 6.47. The van der Waals surface area contributed by atoms with Gasteiger partial charge in [0.05, 0.1) is 0 Å². The average Bonchev–Trinajstić information content (AvgIpc) is 2.39. The molecule has 0 rings (SSSR count). The molecule has 0 spiro atoms. The van der Waals surface area contributed by atoms with E-state index >= 15 is 0 Å². The van der Waals surface area contributed by atoms with Gasteiger partial charge in [0.1, 0.15) is 5.60 Å². The van der Waals surface area contributed by atoms with Crippen molar-refractivity contribution in [3.8, 4) is 0 Å². The summed E-state index contributed by atoms with van der Waals surface area (Å²) in [5, 5.41) is 2.97. The SMILES string of the molecule is CCC(CC)(CN)CNC(=O)C(C)(CC)OC. The van der Waals surface area contributed by atoms with Gasteiger partial charge in [-0.25, -0.2) is 0 Å². The van der Waals surface area contributed by atoms with Gasteiger partial charge in [-0.1, -0.05) is 20.8 Å². The van der Waals surface area contributed by atoms with Crippen LogP contribution in [0.15, 0.2) is 0 Å². The first-order valence-corrected chi connectivity index (χ1v) is 6.47. The Balaban J connectivity index is 4.50. The number of hydrogen-bond donors (Lipinski definition) is 2. The summed E-state index contributed by atoms with van der Waals surface area (Å²) >= 11 is 0. The second-order valence-electron chi connectivity index (χ2n) is 4.88. The van der Waals surface area contributed by atoms with Gasteiger partial charge < -0.3 is 15.8 Å². The van der Waals surface area contributed by atoms with Crippen molar-refractivity contribution in [3.05, 3.63) is 0 Å². The minimum atomic E-state index is -0.734. The number of methoxy groups -OCH3 is 1. The Bertz CT molecular complexity index is 225. The maximum Gasteiger partial charge on any atom is 0.251 e. The summed E-state index contributed by atoms with van der Waals surface area (Å²) in [6.07, 6.45) is 2.59. The molecule has 1 atom stereocenters. The van der Waals surface area contributed by atoms with Gasteiger partial charge in [-0.15, -0.1) is 0 Å². The quantitative estimate of drug-likeness (QED) is 0.683. The molecular weight excluding hydrogens is 216 g/mol. The fourth-order valence-corrected chi connectivity index (χ4v) is 1.71. The Hall–Kier alpha value is -0.610. The number of hydrogen-bond acceptors (Lipinski definition) is 3. The van der Waals surface area contributed by atoms with Crippen LogP contribution in [-0.2, 0) is 9.53 Å². The fourth-order valence-electron chi connectivity index (χ4n) is 1.71. The van der Waals surface area contributed by atoms with Gasteiger partial charge in [0.25, 0.3) is 5.91 Å². The Kier molecular flexibility index (Phi) is 6.72. The second kappa shape index (κ2) is 6.97. The molecule has 0 aromatic heterocycles. The van der Waals surface area contributed by atoms with Crippen molar-refractivity contribution < 1.29 is 9.53 Å². The molecule has 0 saturated heterocycles. The van der Waals surface area contributed by atoms with Gasteiger partial charge in [0.15, 0.2) is 0 Å². The number of nitrogens with two attached hydrogens (primary N) is 1. The minimum Gasteiger partial charge on any atom is -0.369 e. The van der Waals surface area contributed by atoms with E-state index in [-0.39, 0.29) is 11.3 Å². The molecule has 17 heavy (non-hydrogen) atoms. The van der Waals surface area contributed by atoms with E-state index in [4.69, 9.17) is 10.5 Å². The Morgan fingerprint density at radius 2 is 1.76 bits per heavy atom. The number of carbonyl (C=O) groups is 1. The van der Waals surface area contributed by atoms with Crippen LogP contribution in [0.1, 0.15) is 47.0 Å². The van der Waals surface area contributed by atoms with Gasteiger partial charge in [0, 0.05) is 13.7 Å². The van der Waals surface area contributed by atoms with E-state index in [1.165, 1.54) is 0 Å². The summed E-state index contributed by atoms with van der Waals surface area (Å²) in [5.41, 5.74) is 5.08. The van der Waals surface area contributed by atoms with Crippen LogP contribution in [0.3, 0.4) is 0 Å². The summed E-state index contributed by atoms with van der Waals surface area (Å²) < 4.78 is 5.27. The van der Waals surface area contributed by atoms with Crippen molar-refractivity contribution in [2.75, 3.05) is 20.2 Å². The molecule has 102 valence electrons. The highest BCUT2D eigenvalue weighted by molar-refractivity contribution is 5.84. The van der Waals surface area contributed by atoms with Crippen LogP contribution < -0.4 is 11.1 Å².